The lowest BCUT2D eigenvalue weighted by Gasteiger charge is -2.15. The number of rotatable bonds is 5. The highest BCUT2D eigenvalue weighted by Crippen LogP contribution is 2.41. The van der Waals surface area contributed by atoms with Gasteiger partial charge in [0.15, 0.2) is 15.5 Å². The molecule has 5 rings (SSSR count). The van der Waals surface area contributed by atoms with E-state index in [1.807, 2.05) is 37.3 Å². The zero-order valence-electron chi connectivity index (χ0n) is 18.6. The third-order valence-corrected chi connectivity index (χ3v) is 8.23. The van der Waals surface area contributed by atoms with Crippen LogP contribution in [0.15, 0.2) is 30.3 Å². The highest BCUT2D eigenvalue weighted by atomic mass is 32.2. The number of nitrogens with zero attached hydrogens (tertiary/aromatic N) is 3. The molecule has 32 heavy (non-hydrogen) atoms. The molecule has 1 N–H and O–H groups in total. The van der Waals surface area contributed by atoms with Gasteiger partial charge < -0.3 is 5.32 Å². The van der Waals surface area contributed by atoms with Crippen molar-refractivity contribution in [3.63, 3.8) is 0 Å². The number of benzene rings is 1. The molecule has 1 amide bonds. The van der Waals surface area contributed by atoms with Crippen molar-refractivity contribution in [2.75, 3.05) is 16.8 Å². The van der Waals surface area contributed by atoms with Gasteiger partial charge in [-0.1, -0.05) is 32.0 Å². The van der Waals surface area contributed by atoms with Crippen molar-refractivity contribution in [3.8, 4) is 0 Å². The van der Waals surface area contributed by atoms with Crippen molar-refractivity contribution in [1.29, 1.82) is 0 Å². The molecule has 1 atom stereocenters. The van der Waals surface area contributed by atoms with E-state index in [2.05, 4.69) is 24.3 Å². The minimum atomic E-state index is -3.07. The highest BCUT2D eigenvalue weighted by molar-refractivity contribution is 7.91. The van der Waals surface area contributed by atoms with Crippen LogP contribution in [0, 0.1) is 6.92 Å². The number of para-hydroxylation sites is 1. The van der Waals surface area contributed by atoms with Gasteiger partial charge >= 0.3 is 0 Å². The standard InChI is InChI=1S/C24H28N4O3S/c1-14(2)18-6-4-5-7-20(18)26-24(29)19-12-21(16-8-9-16)25-23-22(19)15(3)27-28(23)17-10-11-32(30,31)13-17/h4-7,12,14,16-17H,8-11,13H2,1-3H3,(H,26,29)/t17-/m1/s1. The number of sulfone groups is 1. The van der Waals surface area contributed by atoms with Gasteiger partial charge in [-0.25, -0.2) is 18.1 Å². The van der Waals surface area contributed by atoms with Gasteiger partial charge in [0, 0.05) is 17.3 Å². The minimum absolute atomic E-state index is 0.0713. The predicted octanol–water partition coefficient (Wildman–Crippen LogP) is 4.35. The second-order valence-electron chi connectivity index (χ2n) is 9.35. The number of aryl methyl sites for hydroxylation is 1. The number of carbonyl (C=O) groups is 1. The molecule has 1 aliphatic heterocycles. The molecule has 0 radical (unpaired) electrons. The monoisotopic (exact) mass is 452 g/mol. The summed E-state index contributed by atoms with van der Waals surface area (Å²) in [6, 6.07) is 9.51. The van der Waals surface area contributed by atoms with E-state index in [0.29, 0.717) is 34.6 Å². The summed E-state index contributed by atoms with van der Waals surface area (Å²) < 4.78 is 25.9. The average molecular weight is 453 g/mol. The highest BCUT2D eigenvalue weighted by Gasteiger charge is 2.34. The molecule has 1 aromatic carbocycles. The maximum absolute atomic E-state index is 13.5. The van der Waals surface area contributed by atoms with Crippen molar-refractivity contribution in [1.82, 2.24) is 14.8 Å². The van der Waals surface area contributed by atoms with Crippen LogP contribution in [-0.2, 0) is 9.84 Å². The summed E-state index contributed by atoms with van der Waals surface area (Å²) in [6.07, 6.45) is 2.64. The second kappa shape index (κ2) is 7.69. The number of pyridine rings is 1. The molecule has 3 aromatic rings. The first-order valence-electron chi connectivity index (χ1n) is 11.2. The second-order valence-corrected chi connectivity index (χ2v) is 11.6. The van der Waals surface area contributed by atoms with Gasteiger partial charge in [0.2, 0.25) is 0 Å². The van der Waals surface area contributed by atoms with Gasteiger partial charge in [-0.05, 0) is 49.8 Å². The summed E-state index contributed by atoms with van der Waals surface area (Å²) in [5, 5.41) is 8.48. The molecule has 8 heteroatoms. The zero-order valence-corrected chi connectivity index (χ0v) is 19.4. The Bertz CT molecular complexity index is 1320. The first-order valence-corrected chi connectivity index (χ1v) is 13.1. The van der Waals surface area contributed by atoms with Crippen LogP contribution >= 0.6 is 0 Å². The summed E-state index contributed by atoms with van der Waals surface area (Å²) >= 11 is 0. The number of aromatic nitrogens is 3. The Morgan fingerprint density at radius 1 is 1.19 bits per heavy atom. The third kappa shape index (κ3) is 3.81. The van der Waals surface area contributed by atoms with Crippen molar-refractivity contribution in [2.24, 2.45) is 0 Å². The molecule has 168 valence electrons. The van der Waals surface area contributed by atoms with E-state index in [-0.39, 0.29) is 29.4 Å². The molecule has 0 unspecified atom stereocenters. The fourth-order valence-corrected chi connectivity index (χ4v) is 6.32. The summed E-state index contributed by atoms with van der Waals surface area (Å²) in [6.45, 7) is 6.06. The number of nitrogens with one attached hydrogen (secondary N) is 1. The quantitative estimate of drug-likeness (QED) is 0.621. The van der Waals surface area contributed by atoms with Gasteiger partial charge in [0.25, 0.3) is 5.91 Å². The summed E-state index contributed by atoms with van der Waals surface area (Å²) in [7, 11) is -3.07. The fourth-order valence-electron chi connectivity index (χ4n) is 4.63. The van der Waals surface area contributed by atoms with Crippen LogP contribution in [0.4, 0.5) is 5.69 Å². The van der Waals surface area contributed by atoms with E-state index < -0.39 is 9.84 Å². The lowest BCUT2D eigenvalue weighted by atomic mass is 10.0. The summed E-state index contributed by atoms with van der Waals surface area (Å²) in [5.41, 5.74) is 4.65. The molecule has 2 aromatic heterocycles. The van der Waals surface area contributed by atoms with Crippen LogP contribution in [0.1, 0.15) is 78.3 Å². The predicted molar refractivity (Wildman–Crippen MR) is 125 cm³/mol. The molecule has 7 nitrogen and oxygen atoms in total. The zero-order chi connectivity index (χ0) is 22.6. The Labute approximate surface area is 188 Å². The molecule has 3 heterocycles. The number of hydrogen-bond donors (Lipinski definition) is 1. The average Bonchev–Trinajstić information content (AvgIpc) is 3.46. The molecule has 1 saturated heterocycles. The molecule has 2 aliphatic rings. The van der Waals surface area contributed by atoms with Crippen LogP contribution in [0.3, 0.4) is 0 Å². The first kappa shape index (κ1) is 21.1. The molecule has 1 saturated carbocycles. The topological polar surface area (TPSA) is 93.9 Å². The van der Waals surface area contributed by atoms with Crippen LogP contribution in [-0.4, -0.2) is 40.6 Å². The molecular formula is C24H28N4O3S. The van der Waals surface area contributed by atoms with E-state index in [4.69, 9.17) is 4.98 Å². The first-order chi connectivity index (χ1) is 15.2. The van der Waals surface area contributed by atoms with Gasteiger partial charge in [0.05, 0.1) is 34.2 Å². The Kier molecular flexibility index (Phi) is 5.08. The minimum Gasteiger partial charge on any atom is -0.322 e. The lowest BCUT2D eigenvalue weighted by Crippen LogP contribution is -2.16. The number of anilines is 1. The molecule has 2 fully saturated rings. The van der Waals surface area contributed by atoms with Gasteiger partial charge in [-0.15, -0.1) is 0 Å². The van der Waals surface area contributed by atoms with Crippen LogP contribution in [0.25, 0.3) is 11.0 Å². The van der Waals surface area contributed by atoms with E-state index in [1.165, 1.54) is 0 Å². The number of hydrogen-bond acceptors (Lipinski definition) is 5. The van der Waals surface area contributed by atoms with Gasteiger partial charge in [0.1, 0.15) is 0 Å². The van der Waals surface area contributed by atoms with E-state index in [1.54, 1.807) is 4.68 Å². The Hall–Kier alpha value is -2.74. The molecule has 0 spiro atoms. The maximum atomic E-state index is 13.5. The molecule has 0 bridgehead atoms. The van der Waals surface area contributed by atoms with Crippen LogP contribution < -0.4 is 5.32 Å². The lowest BCUT2D eigenvalue weighted by molar-refractivity contribution is 0.102. The van der Waals surface area contributed by atoms with E-state index in [9.17, 15) is 13.2 Å². The number of carbonyl (C=O) groups excluding carboxylic acids is 1. The normalized spacial score (nSPS) is 20.2. The third-order valence-electron chi connectivity index (χ3n) is 6.48. The van der Waals surface area contributed by atoms with Crippen LogP contribution in [0.2, 0.25) is 0 Å². The van der Waals surface area contributed by atoms with Crippen molar-refractivity contribution in [3.05, 3.63) is 52.8 Å². The fraction of sp³-hybridized carbons (Fsp3) is 0.458. The van der Waals surface area contributed by atoms with E-state index in [0.717, 1.165) is 29.8 Å². The molecular weight excluding hydrogens is 424 g/mol. The Morgan fingerprint density at radius 3 is 2.59 bits per heavy atom. The SMILES string of the molecule is Cc1nn([C@@H]2CCS(=O)(=O)C2)c2nc(C3CC3)cc(C(=O)Nc3ccccc3C(C)C)c12. The molecule has 1 aliphatic carbocycles. The van der Waals surface area contributed by atoms with Crippen molar-refractivity contribution < 1.29 is 13.2 Å². The smallest absolute Gasteiger partial charge is 0.256 e. The summed E-state index contributed by atoms with van der Waals surface area (Å²) in [4.78, 5) is 18.4. The van der Waals surface area contributed by atoms with Gasteiger partial charge in [-0.2, -0.15) is 5.10 Å². The van der Waals surface area contributed by atoms with E-state index >= 15 is 0 Å². The largest absolute Gasteiger partial charge is 0.322 e. The Morgan fingerprint density at radius 2 is 1.94 bits per heavy atom. The summed E-state index contributed by atoms with van der Waals surface area (Å²) in [5.74, 6) is 0.681. The maximum Gasteiger partial charge on any atom is 0.256 e. The Balaban J connectivity index is 1.61. The number of fused-ring (bicyclic) bond motifs is 1. The van der Waals surface area contributed by atoms with Crippen molar-refractivity contribution >= 4 is 32.5 Å². The number of amides is 1. The van der Waals surface area contributed by atoms with Gasteiger partial charge in [-0.3, -0.25) is 4.79 Å². The van der Waals surface area contributed by atoms with Crippen molar-refractivity contribution in [2.45, 2.75) is 57.9 Å². The van der Waals surface area contributed by atoms with Crippen LogP contribution in [0.5, 0.6) is 0 Å².